The van der Waals surface area contributed by atoms with Gasteiger partial charge in [0.15, 0.2) is 12.1 Å². The molecule has 0 saturated heterocycles. The quantitative estimate of drug-likeness (QED) is 0.592. The van der Waals surface area contributed by atoms with Crippen LogP contribution in [0, 0.1) is 0 Å². The van der Waals surface area contributed by atoms with E-state index in [2.05, 4.69) is 20.4 Å². The molecule has 3 heterocycles. The summed E-state index contributed by atoms with van der Waals surface area (Å²) in [5.41, 5.74) is 9.81. The van der Waals surface area contributed by atoms with Gasteiger partial charge in [-0.15, -0.1) is 0 Å². The lowest BCUT2D eigenvalue weighted by atomic mass is 10.2. The molecule has 0 fully saturated rings. The fraction of sp³-hybridized carbons (Fsp3) is 0.0556. The first-order chi connectivity index (χ1) is 12.3. The number of guanidine groups is 1. The second kappa shape index (κ2) is 5.20. The van der Waals surface area contributed by atoms with Gasteiger partial charge in [0.05, 0.1) is 22.9 Å². The van der Waals surface area contributed by atoms with E-state index in [1.807, 2.05) is 76.2 Å². The van der Waals surface area contributed by atoms with Gasteiger partial charge in [0.2, 0.25) is 5.95 Å². The molecular formula is C18H15N7. The maximum Gasteiger partial charge on any atom is 0.212 e. The highest BCUT2D eigenvalue weighted by Crippen LogP contribution is 2.32. The number of anilines is 1. The maximum atomic E-state index is 5.98. The van der Waals surface area contributed by atoms with Crippen molar-refractivity contribution in [1.29, 1.82) is 0 Å². The summed E-state index contributed by atoms with van der Waals surface area (Å²) < 4.78 is 3.87. The number of nitrogens with one attached hydrogen (secondary N) is 1. The molecule has 3 N–H and O–H groups in total. The van der Waals surface area contributed by atoms with Gasteiger partial charge in [-0.3, -0.25) is 9.88 Å². The van der Waals surface area contributed by atoms with Gasteiger partial charge in [-0.05, 0) is 24.3 Å². The van der Waals surface area contributed by atoms with Crippen LogP contribution in [0.3, 0.4) is 0 Å². The zero-order chi connectivity index (χ0) is 16.8. The van der Waals surface area contributed by atoms with Crippen LogP contribution in [0.4, 0.5) is 5.95 Å². The van der Waals surface area contributed by atoms with Crippen molar-refractivity contribution in [3.63, 3.8) is 0 Å². The van der Waals surface area contributed by atoms with Crippen LogP contribution in [0.5, 0.6) is 0 Å². The zero-order valence-electron chi connectivity index (χ0n) is 13.2. The van der Waals surface area contributed by atoms with Crippen LogP contribution < -0.4 is 11.1 Å². The number of fused-ring (bicyclic) bond motifs is 3. The highest BCUT2D eigenvalue weighted by molar-refractivity contribution is 5.94. The summed E-state index contributed by atoms with van der Waals surface area (Å²) in [6, 6.07) is 17.9. The molecule has 7 heteroatoms. The molecule has 2 aromatic heterocycles. The molecule has 0 radical (unpaired) electrons. The molecule has 5 rings (SSSR count). The summed E-state index contributed by atoms with van der Waals surface area (Å²) >= 11 is 0. The van der Waals surface area contributed by atoms with Gasteiger partial charge in [-0.2, -0.15) is 5.10 Å². The number of hydrogen-bond acceptors (Lipinski definition) is 5. The monoisotopic (exact) mass is 329 g/mol. The number of aromatic nitrogens is 4. The lowest BCUT2D eigenvalue weighted by molar-refractivity contribution is 0.626. The Labute approximate surface area is 143 Å². The fourth-order valence-corrected chi connectivity index (χ4v) is 3.13. The molecule has 1 aliphatic rings. The second-order valence-corrected chi connectivity index (χ2v) is 5.86. The van der Waals surface area contributed by atoms with E-state index in [9.17, 15) is 0 Å². The molecule has 0 spiro atoms. The number of nitrogens with zero attached hydrogens (tertiary/aromatic N) is 5. The largest absolute Gasteiger partial charge is 0.370 e. The molecule has 1 aliphatic heterocycles. The minimum absolute atomic E-state index is 0.305. The molecule has 0 amide bonds. The van der Waals surface area contributed by atoms with E-state index in [0.29, 0.717) is 11.9 Å². The average Bonchev–Trinajstić information content (AvgIpc) is 3.26. The maximum absolute atomic E-state index is 5.98. The molecule has 0 unspecified atom stereocenters. The Morgan fingerprint density at radius 1 is 1.00 bits per heavy atom. The molecule has 0 bridgehead atoms. The Balaban J connectivity index is 1.65. The third kappa shape index (κ3) is 2.17. The minimum Gasteiger partial charge on any atom is -0.370 e. The van der Waals surface area contributed by atoms with Crippen molar-refractivity contribution in [2.45, 2.75) is 6.17 Å². The van der Waals surface area contributed by atoms with Crippen LogP contribution in [0.15, 0.2) is 72.0 Å². The molecule has 0 saturated carbocycles. The number of nitrogens with two attached hydrogens (primary N) is 1. The molecule has 4 aromatic rings. The van der Waals surface area contributed by atoms with Crippen molar-refractivity contribution in [3.05, 3.63) is 72.6 Å². The molecule has 1 atom stereocenters. The summed E-state index contributed by atoms with van der Waals surface area (Å²) in [6.45, 7) is 0. The van der Waals surface area contributed by atoms with E-state index in [-0.39, 0.29) is 6.17 Å². The van der Waals surface area contributed by atoms with Gasteiger partial charge < -0.3 is 5.73 Å². The van der Waals surface area contributed by atoms with Crippen LogP contribution >= 0.6 is 0 Å². The fourth-order valence-electron chi connectivity index (χ4n) is 3.13. The lowest BCUT2D eigenvalue weighted by Crippen LogP contribution is -2.31. The van der Waals surface area contributed by atoms with Crippen molar-refractivity contribution in [2.75, 3.05) is 5.32 Å². The van der Waals surface area contributed by atoms with Crippen molar-refractivity contribution in [1.82, 2.24) is 19.3 Å². The first-order valence-electron chi connectivity index (χ1n) is 7.97. The predicted octanol–water partition coefficient (Wildman–Crippen LogP) is 2.51. The summed E-state index contributed by atoms with van der Waals surface area (Å²) in [6.07, 6.45) is 3.49. The summed E-state index contributed by atoms with van der Waals surface area (Å²) in [5.74, 6) is 1.03. The van der Waals surface area contributed by atoms with Gasteiger partial charge in [0, 0.05) is 11.8 Å². The third-order valence-corrected chi connectivity index (χ3v) is 4.26. The van der Waals surface area contributed by atoms with Gasteiger partial charge >= 0.3 is 0 Å². The Hall–Kier alpha value is -3.61. The molecule has 2 aromatic carbocycles. The number of hydrogen-bond donors (Lipinski definition) is 2. The number of para-hydroxylation sites is 3. The molecule has 0 aliphatic carbocycles. The van der Waals surface area contributed by atoms with Crippen LogP contribution in [-0.2, 0) is 0 Å². The van der Waals surface area contributed by atoms with Crippen molar-refractivity contribution < 1.29 is 0 Å². The van der Waals surface area contributed by atoms with Gasteiger partial charge in [-0.1, -0.05) is 30.3 Å². The summed E-state index contributed by atoms with van der Waals surface area (Å²) in [5, 5.41) is 7.52. The van der Waals surface area contributed by atoms with Crippen molar-refractivity contribution >= 4 is 22.9 Å². The molecule has 25 heavy (non-hydrogen) atoms. The summed E-state index contributed by atoms with van der Waals surface area (Å²) in [7, 11) is 0. The second-order valence-electron chi connectivity index (χ2n) is 5.86. The van der Waals surface area contributed by atoms with E-state index >= 15 is 0 Å². The van der Waals surface area contributed by atoms with Crippen LogP contribution in [-0.4, -0.2) is 25.3 Å². The standard InChI is InChI=1S/C18H15N7/c19-17-22-16(12-10-20-24(11-12)13-6-2-1-3-7-13)25-15-9-5-4-8-14(15)21-18(25)23-17/h1-11,16H,(H3,19,21,22,23)/t16-/m0/s1. The van der Waals surface area contributed by atoms with Crippen molar-refractivity contribution in [3.8, 4) is 5.69 Å². The predicted molar refractivity (Wildman–Crippen MR) is 96.7 cm³/mol. The third-order valence-electron chi connectivity index (χ3n) is 4.26. The van der Waals surface area contributed by atoms with E-state index < -0.39 is 0 Å². The SMILES string of the molecule is NC1=N[C@H](c2cnn(-c3ccccc3)c2)n2c(nc3ccccc32)N1. The van der Waals surface area contributed by atoms with E-state index in [0.717, 1.165) is 22.3 Å². The Morgan fingerprint density at radius 3 is 2.68 bits per heavy atom. The minimum atomic E-state index is -0.305. The molecular weight excluding hydrogens is 314 g/mol. The number of aliphatic imine (C=N–C) groups is 1. The first kappa shape index (κ1) is 13.8. The zero-order valence-corrected chi connectivity index (χ0v) is 13.2. The van der Waals surface area contributed by atoms with Gasteiger partial charge in [0.1, 0.15) is 0 Å². The topological polar surface area (TPSA) is 86.0 Å². The number of rotatable bonds is 2. The Kier molecular flexibility index (Phi) is 2.87. The normalized spacial score (nSPS) is 16.3. The molecule has 122 valence electrons. The Morgan fingerprint density at radius 2 is 1.80 bits per heavy atom. The highest BCUT2D eigenvalue weighted by Gasteiger charge is 2.26. The number of benzene rings is 2. The lowest BCUT2D eigenvalue weighted by Gasteiger charge is -2.22. The van der Waals surface area contributed by atoms with Gasteiger partial charge in [0.25, 0.3) is 0 Å². The molecule has 7 nitrogen and oxygen atoms in total. The van der Waals surface area contributed by atoms with Crippen LogP contribution in [0.1, 0.15) is 11.7 Å². The first-order valence-corrected chi connectivity index (χ1v) is 7.97. The highest BCUT2D eigenvalue weighted by atomic mass is 15.4. The van der Waals surface area contributed by atoms with E-state index in [1.165, 1.54) is 0 Å². The average molecular weight is 329 g/mol. The summed E-state index contributed by atoms with van der Waals surface area (Å²) in [4.78, 5) is 9.18. The van der Waals surface area contributed by atoms with Crippen LogP contribution in [0.2, 0.25) is 0 Å². The van der Waals surface area contributed by atoms with Gasteiger partial charge in [-0.25, -0.2) is 14.7 Å². The van der Waals surface area contributed by atoms with Crippen LogP contribution in [0.25, 0.3) is 16.7 Å². The Bertz CT molecular complexity index is 1090. The van der Waals surface area contributed by atoms with E-state index in [1.54, 1.807) is 0 Å². The smallest absolute Gasteiger partial charge is 0.212 e. The number of imidazole rings is 1. The van der Waals surface area contributed by atoms with Crippen molar-refractivity contribution in [2.24, 2.45) is 10.7 Å². The van der Waals surface area contributed by atoms with E-state index in [4.69, 9.17) is 5.73 Å².